The molecule has 0 fully saturated rings. The summed E-state index contributed by atoms with van der Waals surface area (Å²) in [6, 6.07) is 2.34. The van der Waals surface area contributed by atoms with E-state index in [1.165, 1.54) is 6.07 Å². The first-order valence-corrected chi connectivity index (χ1v) is 5.10. The Balaban J connectivity index is 3.08. The molecular weight excluding hydrogens is 289 g/mol. The zero-order valence-corrected chi connectivity index (χ0v) is 9.62. The van der Waals surface area contributed by atoms with Gasteiger partial charge in [0.25, 0.3) is 0 Å². The molecule has 0 aliphatic rings. The van der Waals surface area contributed by atoms with Crippen molar-refractivity contribution in [3.05, 3.63) is 35.9 Å². The Kier molecular flexibility index (Phi) is 4.31. The number of carbonyl (C=O) groups excluding carboxylic acids is 1. The molecule has 20 heavy (non-hydrogen) atoms. The number of aliphatic carboxylic acids is 1. The number of halogens is 5. The van der Waals surface area contributed by atoms with Crippen molar-refractivity contribution in [3.63, 3.8) is 0 Å². The smallest absolute Gasteiger partial charge is 0.471 e. The average molecular weight is 297 g/mol. The highest BCUT2D eigenvalue weighted by Crippen LogP contribution is 2.32. The van der Waals surface area contributed by atoms with Crippen LogP contribution in [-0.4, -0.2) is 29.2 Å². The first-order valence-electron chi connectivity index (χ1n) is 5.10. The lowest BCUT2D eigenvalue weighted by Gasteiger charge is -2.25. The van der Waals surface area contributed by atoms with Crippen LogP contribution in [0.2, 0.25) is 0 Å². The second-order valence-electron chi connectivity index (χ2n) is 3.73. The van der Waals surface area contributed by atoms with Crippen LogP contribution in [0.5, 0.6) is 0 Å². The summed E-state index contributed by atoms with van der Waals surface area (Å²) < 4.78 is 63.8. The fraction of sp³-hybridized carbons (Fsp3) is 0.273. The standard InChI is InChI=1S/C11H8F5NO3/c12-10(13,6-4-2-1-3-5-6)7(8(18)19)17-9(20)11(14,15)16/h1-5,7H,(H,17,20)(H,18,19)/t7-/m1/s1. The molecule has 9 heteroatoms. The first-order chi connectivity index (χ1) is 9.06. The number of carboxylic acids is 1. The molecule has 0 aliphatic heterocycles. The van der Waals surface area contributed by atoms with Crippen LogP contribution >= 0.6 is 0 Å². The number of alkyl halides is 5. The van der Waals surface area contributed by atoms with Crippen molar-refractivity contribution >= 4 is 11.9 Å². The molecule has 0 heterocycles. The van der Waals surface area contributed by atoms with Gasteiger partial charge in [-0.15, -0.1) is 0 Å². The van der Waals surface area contributed by atoms with E-state index in [2.05, 4.69) is 0 Å². The number of amides is 1. The Morgan fingerprint density at radius 1 is 1.05 bits per heavy atom. The van der Waals surface area contributed by atoms with Gasteiger partial charge in [0.2, 0.25) is 0 Å². The molecule has 0 aromatic heterocycles. The third kappa shape index (κ3) is 3.43. The zero-order chi connectivity index (χ0) is 15.6. The SMILES string of the molecule is O=C(O)[C@@H](NC(=O)C(F)(F)F)C(F)(F)c1ccccc1. The third-order valence-electron chi connectivity index (χ3n) is 2.30. The maximum absolute atomic E-state index is 13.9. The van der Waals surface area contributed by atoms with Gasteiger partial charge >= 0.3 is 24.0 Å². The minimum Gasteiger partial charge on any atom is -0.480 e. The molecule has 1 rings (SSSR count). The summed E-state index contributed by atoms with van der Waals surface area (Å²) >= 11 is 0. The molecule has 1 atom stereocenters. The van der Waals surface area contributed by atoms with Crippen LogP contribution < -0.4 is 5.32 Å². The molecule has 4 nitrogen and oxygen atoms in total. The quantitative estimate of drug-likeness (QED) is 0.834. The van der Waals surface area contributed by atoms with Crippen molar-refractivity contribution in [3.8, 4) is 0 Å². The highest BCUT2D eigenvalue weighted by Gasteiger charge is 2.50. The van der Waals surface area contributed by atoms with E-state index < -0.39 is 35.6 Å². The second-order valence-corrected chi connectivity index (χ2v) is 3.73. The van der Waals surface area contributed by atoms with E-state index in [-0.39, 0.29) is 0 Å². The summed E-state index contributed by atoms with van der Waals surface area (Å²) in [5.74, 6) is -9.23. The minimum absolute atomic E-state index is 0.782. The fourth-order valence-corrected chi connectivity index (χ4v) is 1.35. The van der Waals surface area contributed by atoms with Crippen molar-refractivity contribution in [2.24, 2.45) is 0 Å². The van der Waals surface area contributed by atoms with Crippen LogP contribution in [0.3, 0.4) is 0 Å². The average Bonchev–Trinajstić information content (AvgIpc) is 2.34. The van der Waals surface area contributed by atoms with Crippen LogP contribution in [-0.2, 0) is 15.5 Å². The van der Waals surface area contributed by atoms with Crippen molar-refractivity contribution < 1.29 is 36.6 Å². The molecule has 0 radical (unpaired) electrons. The van der Waals surface area contributed by atoms with Gasteiger partial charge < -0.3 is 10.4 Å². The Hall–Kier alpha value is -2.19. The molecule has 0 spiro atoms. The maximum atomic E-state index is 13.9. The Labute approximate surface area is 109 Å². The Bertz CT molecular complexity index is 501. The highest BCUT2D eigenvalue weighted by atomic mass is 19.4. The van der Waals surface area contributed by atoms with Crippen LogP contribution in [0.1, 0.15) is 5.56 Å². The van der Waals surface area contributed by atoms with Crippen molar-refractivity contribution in [2.45, 2.75) is 18.1 Å². The molecule has 0 aliphatic carbocycles. The van der Waals surface area contributed by atoms with E-state index >= 15 is 0 Å². The topological polar surface area (TPSA) is 66.4 Å². The predicted octanol–water partition coefficient (Wildman–Crippen LogP) is 1.91. The molecule has 2 N–H and O–H groups in total. The normalized spacial score (nSPS) is 13.7. The number of rotatable bonds is 4. The first kappa shape index (κ1) is 15.9. The molecule has 0 saturated carbocycles. The van der Waals surface area contributed by atoms with Crippen LogP contribution in [0, 0.1) is 0 Å². The van der Waals surface area contributed by atoms with Crippen molar-refractivity contribution in [1.82, 2.24) is 5.32 Å². The van der Waals surface area contributed by atoms with Crippen molar-refractivity contribution in [1.29, 1.82) is 0 Å². The van der Waals surface area contributed by atoms with E-state index in [1.54, 1.807) is 0 Å². The maximum Gasteiger partial charge on any atom is 0.471 e. The highest BCUT2D eigenvalue weighted by molar-refractivity contribution is 5.87. The van der Waals surface area contributed by atoms with E-state index in [4.69, 9.17) is 5.11 Å². The van der Waals surface area contributed by atoms with Gasteiger partial charge in [0.05, 0.1) is 0 Å². The number of carboxylic acid groups (broad SMARTS) is 1. The Morgan fingerprint density at radius 2 is 1.55 bits per heavy atom. The summed E-state index contributed by atoms with van der Waals surface area (Å²) in [5.41, 5.74) is -0.824. The largest absolute Gasteiger partial charge is 0.480 e. The van der Waals surface area contributed by atoms with Gasteiger partial charge in [0.1, 0.15) is 0 Å². The molecule has 1 aromatic rings. The van der Waals surface area contributed by atoms with Crippen LogP contribution in [0.15, 0.2) is 30.3 Å². The lowest BCUT2D eigenvalue weighted by atomic mass is 10.0. The second kappa shape index (κ2) is 5.43. The summed E-state index contributed by atoms with van der Waals surface area (Å²) in [6.45, 7) is 0. The Morgan fingerprint density at radius 3 is 1.95 bits per heavy atom. The number of benzene rings is 1. The molecule has 110 valence electrons. The number of carbonyl (C=O) groups is 2. The van der Waals surface area contributed by atoms with Gasteiger partial charge in [-0.25, -0.2) is 4.79 Å². The lowest BCUT2D eigenvalue weighted by Crippen LogP contribution is -2.54. The van der Waals surface area contributed by atoms with E-state index in [1.807, 2.05) is 0 Å². The zero-order valence-electron chi connectivity index (χ0n) is 9.62. The number of hydrogen-bond acceptors (Lipinski definition) is 2. The number of nitrogens with one attached hydrogen (secondary N) is 1. The summed E-state index contributed by atoms with van der Waals surface area (Å²) in [4.78, 5) is 21.3. The number of hydrogen-bond donors (Lipinski definition) is 2. The monoisotopic (exact) mass is 297 g/mol. The van der Waals surface area contributed by atoms with E-state index in [0.717, 1.165) is 29.6 Å². The molecule has 1 aromatic carbocycles. The van der Waals surface area contributed by atoms with Crippen molar-refractivity contribution in [2.75, 3.05) is 0 Å². The van der Waals surface area contributed by atoms with E-state index in [9.17, 15) is 31.5 Å². The van der Waals surface area contributed by atoms with E-state index in [0.29, 0.717) is 0 Å². The van der Waals surface area contributed by atoms with Gasteiger partial charge in [-0.1, -0.05) is 30.3 Å². The summed E-state index contributed by atoms with van der Waals surface area (Å²) in [6.07, 6.45) is -5.46. The molecular formula is C11H8F5NO3. The minimum atomic E-state index is -5.46. The van der Waals surface area contributed by atoms with Crippen LogP contribution in [0.25, 0.3) is 0 Å². The summed E-state index contributed by atoms with van der Waals surface area (Å²) in [5, 5.41) is 9.40. The third-order valence-corrected chi connectivity index (χ3v) is 2.30. The fourth-order valence-electron chi connectivity index (χ4n) is 1.35. The van der Waals surface area contributed by atoms with Gasteiger partial charge in [-0.05, 0) is 0 Å². The van der Waals surface area contributed by atoms with Crippen LogP contribution in [0.4, 0.5) is 22.0 Å². The van der Waals surface area contributed by atoms with Gasteiger partial charge in [0.15, 0.2) is 6.04 Å². The predicted molar refractivity (Wildman–Crippen MR) is 56.0 cm³/mol. The molecule has 0 saturated heterocycles. The molecule has 0 bridgehead atoms. The van der Waals surface area contributed by atoms with Gasteiger partial charge in [0, 0.05) is 5.56 Å². The van der Waals surface area contributed by atoms with Gasteiger partial charge in [-0.3, -0.25) is 4.79 Å². The molecule has 1 amide bonds. The lowest BCUT2D eigenvalue weighted by molar-refractivity contribution is -0.180. The molecule has 0 unspecified atom stereocenters. The van der Waals surface area contributed by atoms with Gasteiger partial charge in [-0.2, -0.15) is 22.0 Å². The summed E-state index contributed by atoms with van der Waals surface area (Å²) in [7, 11) is 0.